The maximum Gasteiger partial charge on any atom is 0.483 e. The van der Waals surface area contributed by atoms with Crippen LogP contribution in [0.25, 0.3) is 11.1 Å². The van der Waals surface area contributed by atoms with Gasteiger partial charge in [0.05, 0.1) is 18.3 Å². The number of benzene rings is 1. The highest BCUT2D eigenvalue weighted by Crippen LogP contribution is 2.37. The molecule has 2 aromatic heterocycles. The summed E-state index contributed by atoms with van der Waals surface area (Å²) in [6, 6.07) is 9.03. The highest BCUT2D eigenvalue weighted by Gasteiger charge is 2.22. The first-order valence-electron chi connectivity index (χ1n) is 12.0. The minimum absolute atomic E-state index is 0.0720. The number of hydrogen-bond acceptors (Lipinski definition) is 6. The molecule has 11 heteroatoms. The molecule has 3 aromatic rings. The molecular formula is C25H28BN5O4S. The van der Waals surface area contributed by atoms with Crippen LogP contribution in [0.2, 0.25) is 0 Å². The molecule has 9 nitrogen and oxygen atoms in total. The van der Waals surface area contributed by atoms with Crippen molar-refractivity contribution in [3.8, 4) is 11.1 Å². The summed E-state index contributed by atoms with van der Waals surface area (Å²) in [4.78, 5) is 25.6. The summed E-state index contributed by atoms with van der Waals surface area (Å²) in [5.41, 5.74) is 4.64. The molecule has 5 rings (SSSR count). The minimum atomic E-state index is -0.882. The Morgan fingerprint density at radius 1 is 1.25 bits per heavy atom. The van der Waals surface area contributed by atoms with Crippen LogP contribution in [0.15, 0.2) is 64.6 Å². The molecule has 3 heterocycles. The average Bonchev–Trinajstić information content (AvgIpc) is 3.53. The standard InChI is InChI=1S/C25H28BN5O4S/c1-16(2)30-12-9-18(14-23(30)32)21-7-6-17-4-3-5-20(17)24(21)27-25(33)29-36-22-10-13-31(28-22)19-8-11-26(34)35-15-19/h6-14,16,19,34H,3-5,15H2,1-2H3,(H2,27,29,33). The molecule has 1 aliphatic heterocycles. The minimum Gasteiger partial charge on any atom is -0.423 e. The Labute approximate surface area is 213 Å². The first kappa shape index (κ1) is 24.4. The van der Waals surface area contributed by atoms with Crippen molar-refractivity contribution in [1.82, 2.24) is 19.1 Å². The van der Waals surface area contributed by atoms with E-state index in [4.69, 9.17) is 4.65 Å². The molecule has 0 bridgehead atoms. The Morgan fingerprint density at radius 2 is 2.11 bits per heavy atom. The van der Waals surface area contributed by atoms with E-state index < -0.39 is 7.12 Å². The fraction of sp³-hybridized carbons (Fsp3) is 0.320. The lowest BCUT2D eigenvalue weighted by Crippen LogP contribution is -2.27. The van der Waals surface area contributed by atoms with Gasteiger partial charge in [-0.3, -0.25) is 14.2 Å². The molecule has 0 saturated heterocycles. The van der Waals surface area contributed by atoms with Gasteiger partial charge in [0.25, 0.3) is 5.56 Å². The normalized spacial score (nSPS) is 16.9. The number of urea groups is 1. The quantitative estimate of drug-likeness (QED) is 0.348. The zero-order valence-corrected chi connectivity index (χ0v) is 21.0. The number of carbonyl (C=O) groups is 1. The van der Waals surface area contributed by atoms with Crippen LogP contribution < -0.4 is 15.6 Å². The van der Waals surface area contributed by atoms with Crippen LogP contribution in [0, 0.1) is 0 Å². The summed E-state index contributed by atoms with van der Waals surface area (Å²) in [6.07, 6.45) is 8.34. The molecule has 0 spiro atoms. The molecule has 1 aliphatic carbocycles. The molecule has 2 aliphatic rings. The van der Waals surface area contributed by atoms with E-state index in [1.165, 1.54) is 5.56 Å². The molecule has 3 N–H and O–H groups in total. The van der Waals surface area contributed by atoms with Crippen molar-refractivity contribution in [2.75, 3.05) is 11.9 Å². The van der Waals surface area contributed by atoms with E-state index >= 15 is 0 Å². The SMILES string of the molecule is CC(C)n1ccc(-c2ccc3c(c2NC(=O)NSc2ccn(C4C=CB(O)OC4)n2)CCC3)cc1=O. The predicted molar refractivity (Wildman–Crippen MR) is 141 cm³/mol. The number of hydrogen-bond donors (Lipinski definition) is 3. The molecule has 0 saturated carbocycles. The number of anilines is 1. The highest BCUT2D eigenvalue weighted by molar-refractivity contribution is 7.97. The van der Waals surface area contributed by atoms with Crippen LogP contribution in [0.3, 0.4) is 0 Å². The lowest BCUT2D eigenvalue weighted by molar-refractivity contribution is 0.222. The van der Waals surface area contributed by atoms with Crippen molar-refractivity contribution in [3.63, 3.8) is 0 Å². The fourth-order valence-corrected chi connectivity index (χ4v) is 5.14. The summed E-state index contributed by atoms with van der Waals surface area (Å²) >= 11 is 1.11. The van der Waals surface area contributed by atoms with Gasteiger partial charge >= 0.3 is 13.1 Å². The molecule has 1 aromatic carbocycles. The molecule has 1 atom stereocenters. The predicted octanol–water partition coefficient (Wildman–Crippen LogP) is 3.76. The van der Waals surface area contributed by atoms with E-state index in [1.54, 1.807) is 39.8 Å². The van der Waals surface area contributed by atoms with E-state index in [-0.39, 0.29) is 23.7 Å². The smallest absolute Gasteiger partial charge is 0.423 e. The number of aromatic nitrogens is 3. The van der Waals surface area contributed by atoms with Crippen molar-refractivity contribution in [2.45, 2.75) is 50.2 Å². The zero-order chi connectivity index (χ0) is 25.2. The topological polar surface area (TPSA) is 110 Å². The summed E-state index contributed by atoms with van der Waals surface area (Å²) in [7, 11) is -0.882. The van der Waals surface area contributed by atoms with E-state index in [0.29, 0.717) is 11.6 Å². The third kappa shape index (κ3) is 5.13. The number of pyridine rings is 1. The molecule has 1 unspecified atom stereocenters. The fourth-order valence-electron chi connectivity index (χ4n) is 4.63. The van der Waals surface area contributed by atoms with Gasteiger partial charge in [0.1, 0.15) is 5.03 Å². The number of carbonyl (C=O) groups excluding carboxylic acids is 1. The van der Waals surface area contributed by atoms with Gasteiger partial charge in [-0.05, 0) is 61.9 Å². The van der Waals surface area contributed by atoms with Crippen molar-refractivity contribution in [2.24, 2.45) is 0 Å². The lowest BCUT2D eigenvalue weighted by atomic mass is 9.87. The largest absolute Gasteiger partial charge is 0.483 e. The van der Waals surface area contributed by atoms with Gasteiger partial charge in [-0.25, -0.2) is 4.79 Å². The first-order valence-corrected chi connectivity index (χ1v) is 12.8. The second kappa shape index (κ2) is 10.4. The molecule has 0 radical (unpaired) electrons. The van der Waals surface area contributed by atoms with Crippen LogP contribution in [0.1, 0.15) is 43.5 Å². The van der Waals surface area contributed by atoms with Gasteiger partial charge < -0.3 is 19.6 Å². The summed E-state index contributed by atoms with van der Waals surface area (Å²) in [5.74, 6) is 1.58. The van der Waals surface area contributed by atoms with Gasteiger partial charge in [-0.15, -0.1) is 0 Å². The molecule has 36 heavy (non-hydrogen) atoms. The Bertz CT molecular complexity index is 1370. The summed E-state index contributed by atoms with van der Waals surface area (Å²) < 4.78 is 11.5. The maximum absolute atomic E-state index is 12.9. The number of rotatable bonds is 6. The Balaban J connectivity index is 1.32. The summed E-state index contributed by atoms with van der Waals surface area (Å²) in [5, 5.41) is 17.6. The third-order valence-electron chi connectivity index (χ3n) is 6.44. The number of fused-ring (bicyclic) bond motifs is 1. The first-order chi connectivity index (χ1) is 17.4. The molecule has 186 valence electrons. The van der Waals surface area contributed by atoms with Crippen molar-refractivity contribution >= 4 is 30.8 Å². The number of nitrogens with zero attached hydrogens (tertiary/aromatic N) is 3. The zero-order valence-electron chi connectivity index (χ0n) is 20.2. The van der Waals surface area contributed by atoms with E-state index in [0.717, 1.165) is 53.6 Å². The highest BCUT2D eigenvalue weighted by atomic mass is 32.2. The van der Waals surface area contributed by atoms with E-state index in [1.807, 2.05) is 32.1 Å². The van der Waals surface area contributed by atoms with Crippen LogP contribution in [0.4, 0.5) is 10.5 Å². The van der Waals surface area contributed by atoms with Crippen LogP contribution in [0.5, 0.6) is 0 Å². The van der Waals surface area contributed by atoms with Crippen LogP contribution in [-0.4, -0.2) is 39.1 Å². The number of amides is 2. The van der Waals surface area contributed by atoms with Crippen molar-refractivity contribution in [1.29, 1.82) is 0 Å². The Hall–Kier alpha value is -3.28. The summed E-state index contributed by atoms with van der Waals surface area (Å²) in [6.45, 7) is 4.26. The van der Waals surface area contributed by atoms with Gasteiger partial charge in [-0.2, -0.15) is 5.10 Å². The van der Waals surface area contributed by atoms with Crippen molar-refractivity contribution < 1.29 is 14.5 Å². The van der Waals surface area contributed by atoms with E-state index in [2.05, 4.69) is 21.2 Å². The maximum atomic E-state index is 12.9. The van der Waals surface area contributed by atoms with Gasteiger partial charge in [0.2, 0.25) is 0 Å². The van der Waals surface area contributed by atoms with E-state index in [9.17, 15) is 14.6 Å². The Morgan fingerprint density at radius 3 is 2.86 bits per heavy atom. The Kier molecular flexibility index (Phi) is 7.04. The molecule has 0 fully saturated rings. The molecule has 2 amide bonds. The van der Waals surface area contributed by atoms with Crippen LogP contribution in [-0.2, 0) is 17.5 Å². The second-order valence-corrected chi connectivity index (χ2v) is 10.0. The van der Waals surface area contributed by atoms with Crippen molar-refractivity contribution in [3.05, 3.63) is 76.3 Å². The van der Waals surface area contributed by atoms with Gasteiger partial charge in [-0.1, -0.05) is 24.2 Å². The molecular weight excluding hydrogens is 477 g/mol. The third-order valence-corrected chi connectivity index (χ3v) is 7.16. The van der Waals surface area contributed by atoms with Gasteiger partial charge in [0, 0.05) is 42.0 Å². The second-order valence-electron chi connectivity index (χ2n) is 9.20. The number of aryl methyl sites for hydroxylation is 1. The lowest BCUT2D eigenvalue weighted by Gasteiger charge is -2.19. The van der Waals surface area contributed by atoms with Gasteiger partial charge in [0.15, 0.2) is 0 Å². The number of nitrogens with one attached hydrogen (secondary N) is 2. The monoisotopic (exact) mass is 505 g/mol. The average molecular weight is 505 g/mol. The van der Waals surface area contributed by atoms with Crippen LogP contribution >= 0.6 is 11.9 Å².